The fraction of sp³-hybridized carbons (Fsp3) is 0.200. The van der Waals surface area contributed by atoms with E-state index in [1.165, 1.54) is 6.26 Å². The van der Waals surface area contributed by atoms with Crippen molar-refractivity contribution in [1.29, 1.82) is 0 Å². The Morgan fingerprint density at radius 1 is 1.33 bits per heavy atom. The number of hydrogen-bond acceptors (Lipinski definition) is 3. The minimum Gasteiger partial charge on any atom is -0.463 e. The summed E-state index contributed by atoms with van der Waals surface area (Å²) in [5, 5.41) is 0.423. The van der Waals surface area contributed by atoms with Crippen molar-refractivity contribution in [2.45, 2.75) is 19.3 Å². The zero-order valence-electron chi connectivity index (χ0n) is 10.4. The molecule has 2 rings (SSSR count). The Morgan fingerprint density at radius 2 is 2.06 bits per heavy atom. The van der Waals surface area contributed by atoms with Crippen LogP contribution in [0.1, 0.15) is 29.8 Å². The summed E-state index contributed by atoms with van der Waals surface area (Å²) in [6.07, 6.45) is 3.52. The van der Waals surface area contributed by atoms with Crippen molar-refractivity contribution in [3.8, 4) is 0 Å². The zero-order valence-corrected chi connectivity index (χ0v) is 10.4. The molecule has 1 aromatic carbocycles. The van der Waals surface area contributed by atoms with Gasteiger partial charge >= 0.3 is 0 Å². The van der Waals surface area contributed by atoms with Gasteiger partial charge in [0.2, 0.25) is 5.43 Å². The topological polar surface area (TPSA) is 47.3 Å². The van der Waals surface area contributed by atoms with E-state index in [1.54, 1.807) is 18.2 Å². The number of carbonyl (C=O) groups excluding carboxylic acids is 1. The van der Waals surface area contributed by atoms with E-state index in [9.17, 15) is 9.59 Å². The first-order valence-electron chi connectivity index (χ1n) is 5.65. The van der Waals surface area contributed by atoms with Crippen LogP contribution in [0, 0.1) is 0 Å². The van der Waals surface area contributed by atoms with Crippen LogP contribution in [0.5, 0.6) is 0 Å². The number of carbonyl (C=O) groups is 1. The third-order valence-corrected chi connectivity index (χ3v) is 3.16. The van der Waals surface area contributed by atoms with Crippen LogP contribution in [0.2, 0.25) is 0 Å². The molecule has 0 saturated carbocycles. The monoisotopic (exact) mass is 242 g/mol. The lowest BCUT2D eigenvalue weighted by molar-refractivity contribution is 0.112. The molecule has 0 aliphatic heterocycles. The summed E-state index contributed by atoms with van der Waals surface area (Å²) in [6, 6.07) is 5.35. The average molecular weight is 242 g/mol. The van der Waals surface area contributed by atoms with Crippen molar-refractivity contribution in [2.75, 3.05) is 0 Å². The lowest BCUT2D eigenvalue weighted by Crippen LogP contribution is -2.15. The van der Waals surface area contributed by atoms with Gasteiger partial charge in [0.1, 0.15) is 11.8 Å². The van der Waals surface area contributed by atoms with Crippen LogP contribution in [0.3, 0.4) is 0 Å². The van der Waals surface area contributed by atoms with Gasteiger partial charge in [0, 0.05) is 11.0 Å². The second-order valence-corrected chi connectivity index (χ2v) is 4.75. The number of hydrogen-bond donors (Lipinski definition) is 0. The fourth-order valence-electron chi connectivity index (χ4n) is 1.87. The van der Waals surface area contributed by atoms with E-state index in [0.29, 0.717) is 17.3 Å². The van der Waals surface area contributed by atoms with Crippen molar-refractivity contribution >= 4 is 17.3 Å². The molecule has 0 bridgehead atoms. The molecule has 0 unspecified atom stereocenters. The standard InChI is InChI=1S/C15H14O3/c1-4-15(2,3)12-7-5-6-11-13(17)10(8-16)9-18-14(11)12/h4-9H,1H2,2-3H3. The summed E-state index contributed by atoms with van der Waals surface area (Å²) in [4.78, 5) is 22.7. The Labute approximate surface area is 105 Å². The van der Waals surface area contributed by atoms with E-state index in [4.69, 9.17) is 4.42 Å². The summed E-state index contributed by atoms with van der Waals surface area (Å²) in [5.74, 6) is 0. The molecule has 0 atom stereocenters. The molecule has 18 heavy (non-hydrogen) atoms. The van der Waals surface area contributed by atoms with E-state index < -0.39 is 0 Å². The number of benzene rings is 1. The van der Waals surface area contributed by atoms with Gasteiger partial charge in [-0.15, -0.1) is 6.58 Å². The third-order valence-electron chi connectivity index (χ3n) is 3.16. The second-order valence-electron chi connectivity index (χ2n) is 4.75. The van der Waals surface area contributed by atoms with E-state index in [2.05, 4.69) is 6.58 Å². The third kappa shape index (κ3) is 1.78. The molecule has 2 aromatic rings. The van der Waals surface area contributed by atoms with Crippen molar-refractivity contribution in [2.24, 2.45) is 0 Å². The van der Waals surface area contributed by atoms with Crippen LogP contribution in [-0.2, 0) is 5.41 Å². The molecule has 0 aliphatic rings. The molecule has 0 fully saturated rings. The molecule has 0 aliphatic carbocycles. The molecule has 92 valence electrons. The summed E-state index contributed by atoms with van der Waals surface area (Å²) < 4.78 is 5.45. The van der Waals surface area contributed by atoms with Crippen LogP contribution in [0.4, 0.5) is 0 Å². The van der Waals surface area contributed by atoms with Gasteiger partial charge in [-0.1, -0.05) is 32.1 Å². The van der Waals surface area contributed by atoms with Gasteiger partial charge < -0.3 is 4.42 Å². The molecule has 1 aromatic heterocycles. The number of aldehydes is 1. The Kier molecular flexibility index (Phi) is 2.91. The predicted octanol–water partition coefficient (Wildman–Crippen LogP) is 3.07. The second kappa shape index (κ2) is 4.26. The molecule has 0 saturated heterocycles. The predicted molar refractivity (Wildman–Crippen MR) is 71.1 cm³/mol. The maximum absolute atomic E-state index is 12.0. The van der Waals surface area contributed by atoms with Gasteiger partial charge in [0.15, 0.2) is 6.29 Å². The zero-order chi connectivity index (χ0) is 13.3. The number of fused-ring (bicyclic) bond motifs is 1. The van der Waals surface area contributed by atoms with E-state index in [1.807, 2.05) is 19.9 Å². The number of allylic oxidation sites excluding steroid dienone is 1. The van der Waals surface area contributed by atoms with Gasteiger partial charge in [0.05, 0.1) is 10.9 Å². The van der Waals surface area contributed by atoms with E-state index in [-0.39, 0.29) is 16.4 Å². The van der Waals surface area contributed by atoms with Crippen molar-refractivity contribution < 1.29 is 9.21 Å². The Morgan fingerprint density at radius 3 is 2.67 bits per heavy atom. The van der Waals surface area contributed by atoms with Crippen LogP contribution >= 0.6 is 0 Å². The summed E-state index contributed by atoms with van der Waals surface area (Å²) >= 11 is 0. The molecular formula is C15H14O3. The van der Waals surface area contributed by atoms with Crippen LogP contribution in [0.15, 0.2) is 46.3 Å². The quantitative estimate of drug-likeness (QED) is 0.614. The molecule has 0 radical (unpaired) electrons. The van der Waals surface area contributed by atoms with Crippen LogP contribution in [0.25, 0.3) is 11.0 Å². The first kappa shape index (κ1) is 12.3. The Hall–Kier alpha value is -2.16. The van der Waals surface area contributed by atoms with Gasteiger partial charge in [-0.25, -0.2) is 0 Å². The molecule has 3 nitrogen and oxygen atoms in total. The van der Waals surface area contributed by atoms with Gasteiger partial charge in [-0.05, 0) is 6.07 Å². The van der Waals surface area contributed by atoms with Crippen molar-refractivity contribution in [1.82, 2.24) is 0 Å². The molecule has 1 heterocycles. The first-order valence-corrected chi connectivity index (χ1v) is 5.65. The Balaban J connectivity index is 2.89. The molecular weight excluding hydrogens is 228 g/mol. The maximum atomic E-state index is 12.0. The first-order chi connectivity index (χ1) is 8.51. The molecule has 0 N–H and O–H groups in total. The summed E-state index contributed by atoms with van der Waals surface area (Å²) in [5.41, 5.74) is 0.824. The van der Waals surface area contributed by atoms with Gasteiger partial charge in [0.25, 0.3) is 0 Å². The molecule has 0 amide bonds. The van der Waals surface area contributed by atoms with Crippen LogP contribution < -0.4 is 5.43 Å². The summed E-state index contributed by atoms with van der Waals surface area (Å²) in [7, 11) is 0. The van der Waals surface area contributed by atoms with Gasteiger partial charge in [-0.3, -0.25) is 9.59 Å². The highest BCUT2D eigenvalue weighted by molar-refractivity contribution is 5.86. The van der Waals surface area contributed by atoms with E-state index in [0.717, 1.165) is 5.56 Å². The highest BCUT2D eigenvalue weighted by atomic mass is 16.3. The smallest absolute Gasteiger partial charge is 0.203 e. The fourth-order valence-corrected chi connectivity index (χ4v) is 1.87. The lowest BCUT2D eigenvalue weighted by atomic mass is 9.84. The Bertz CT molecular complexity index is 678. The van der Waals surface area contributed by atoms with Gasteiger partial charge in [-0.2, -0.15) is 0 Å². The normalized spacial score (nSPS) is 11.4. The SMILES string of the molecule is C=CC(C)(C)c1cccc2c(=O)c(C=O)coc12. The van der Waals surface area contributed by atoms with Crippen molar-refractivity contribution in [3.63, 3.8) is 0 Å². The number of rotatable bonds is 3. The van der Waals surface area contributed by atoms with Crippen molar-refractivity contribution in [3.05, 3.63) is 58.5 Å². The average Bonchev–Trinajstić information content (AvgIpc) is 2.39. The molecule has 3 heteroatoms. The molecule has 0 spiro atoms. The minimum atomic E-state index is -0.307. The summed E-state index contributed by atoms with van der Waals surface area (Å²) in [6.45, 7) is 7.77. The van der Waals surface area contributed by atoms with Crippen LogP contribution in [-0.4, -0.2) is 6.29 Å². The minimum absolute atomic E-state index is 0.0380. The largest absolute Gasteiger partial charge is 0.463 e. The van der Waals surface area contributed by atoms with E-state index >= 15 is 0 Å². The highest BCUT2D eigenvalue weighted by Crippen LogP contribution is 2.30. The number of para-hydroxylation sites is 1. The maximum Gasteiger partial charge on any atom is 0.203 e. The highest BCUT2D eigenvalue weighted by Gasteiger charge is 2.21. The lowest BCUT2D eigenvalue weighted by Gasteiger charge is -2.21.